The van der Waals surface area contributed by atoms with E-state index in [4.69, 9.17) is 0 Å². The van der Waals surface area contributed by atoms with Crippen molar-refractivity contribution in [3.63, 3.8) is 0 Å². The van der Waals surface area contributed by atoms with Crippen molar-refractivity contribution in [1.82, 2.24) is 35.1 Å². The van der Waals surface area contributed by atoms with Crippen LogP contribution in [-0.2, 0) is 18.6 Å². The lowest BCUT2D eigenvalue weighted by Gasteiger charge is -2.33. The van der Waals surface area contributed by atoms with E-state index >= 15 is 0 Å². The molecule has 2 aromatic carbocycles. The van der Waals surface area contributed by atoms with Crippen LogP contribution in [0.4, 0.5) is 0 Å². The van der Waals surface area contributed by atoms with Gasteiger partial charge in [-0.25, -0.2) is 4.68 Å². The zero-order valence-electron chi connectivity index (χ0n) is 21.6. The first kappa shape index (κ1) is 24.5. The number of hydrogen-bond acceptors (Lipinski definition) is 6. The Bertz CT molecular complexity index is 1510. The van der Waals surface area contributed by atoms with Crippen LogP contribution in [0.25, 0.3) is 10.9 Å². The highest BCUT2D eigenvalue weighted by atomic mass is 16.1. The van der Waals surface area contributed by atoms with E-state index in [1.54, 1.807) is 6.20 Å². The van der Waals surface area contributed by atoms with Crippen molar-refractivity contribution in [2.45, 2.75) is 52.4 Å². The SMILES string of the molecule is Cc1ccc2[nH]c(=O)c([C@H](c3nnnn3C(C)(C)C)N(Cc3ccccc3)Cc3cccnc3)cc2c1. The van der Waals surface area contributed by atoms with Gasteiger partial charge < -0.3 is 4.98 Å². The normalized spacial score (nSPS) is 12.8. The number of aryl methyl sites for hydroxylation is 1. The van der Waals surface area contributed by atoms with Crippen molar-refractivity contribution >= 4 is 10.9 Å². The highest BCUT2D eigenvalue weighted by molar-refractivity contribution is 5.79. The molecule has 1 atom stereocenters. The lowest BCUT2D eigenvalue weighted by molar-refractivity contribution is 0.184. The van der Waals surface area contributed by atoms with Gasteiger partial charge in [-0.05, 0) is 78.9 Å². The Morgan fingerprint density at radius 1 is 0.973 bits per heavy atom. The quantitative estimate of drug-likeness (QED) is 0.351. The van der Waals surface area contributed by atoms with E-state index < -0.39 is 6.04 Å². The van der Waals surface area contributed by atoms with Gasteiger partial charge in [0, 0.05) is 36.6 Å². The number of fused-ring (bicyclic) bond motifs is 1. The Labute approximate surface area is 216 Å². The molecule has 188 valence electrons. The minimum atomic E-state index is -0.511. The molecule has 0 amide bonds. The van der Waals surface area contributed by atoms with E-state index in [0.717, 1.165) is 27.6 Å². The molecule has 0 saturated heterocycles. The largest absolute Gasteiger partial charge is 0.322 e. The van der Waals surface area contributed by atoms with Crippen LogP contribution < -0.4 is 5.56 Å². The first-order chi connectivity index (χ1) is 17.8. The van der Waals surface area contributed by atoms with E-state index in [2.05, 4.69) is 69.4 Å². The second-order valence-electron chi connectivity index (χ2n) is 10.4. The Hall–Kier alpha value is -4.17. The molecule has 1 N–H and O–H groups in total. The molecule has 0 spiro atoms. The molecule has 37 heavy (non-hydrogen) atoms. The standard InChI is InChI=1S/C29H31N7O/c1-20-12-13-25-23(15-20)16-24(28(37)31-25)26(27-32-33-34-36(27)29(2,3)4)35(18-21-9-6-5-7-10-21)19-22-11-8-14-30-17-22/h5-17,26H,18-19H2,1-4H3,(H,31,37)/t26-/m1/s1. The smallest absolute Gasteiger partial charge is 0.253 e. The van der Waals surface area contributed by atoms with Crippen molar-refractivity contribution in [3.8, 4) is 0 Å². The van der Waals surface area contributed by atoms with Crippen molar-refractivity contribution in [2.24, 2.45) is 0 Å². The van der Waals surface area contributed by atoms with E-state index in [-0.39, 0.29) is 11.1 Å². The van der Waals surface area contributed by atoms with Crippen molar-refractivity contribution < 1.29 is 0 Å². The van der Waals surface area contributed by atoms with E-state index in [0.29, 0.717) is 24.5 Å². The molecule has 5 rings (SSSR count). The Morgan fingerprint density at radius 3 is 2.46 bits per heavy atom. The van der Waals surface area contributed by atoms with Gasteiger partial charge in [0.25, 0.3) is 5.56 Å². The molecule has 5 aromatic rings. The maximum Gasteiger partial charge on any atom is 0.253 e. The van der Waals surface area contributed by atoms with Crippen LogP contribution in [0.15, 0.2) is 83.9 Å². The van der Waals surface area contributed by atoms with Crippen molar-refractivity contribution in [1.29, 1.82) is 0 Å². The molecule has 8 nitrogen and oxygen atoms in total. The monoisotopic (exact) mass is 493 g/mol. The third kappa shape index (κ3) is 5.34. The topological polar surface area (TPSA) is 92.6 Å². The number of rotatable bonds is 7. The number of H-pyrrole nitrogens is 1. The van der Waals surface area contributed by atoms with Crippen molar-refractivity contribution in [3.05, 3.63) is 118 Å². The van der Waals surface area contributed by atoms with Crippen LogP contribution >= 0.6 is 0 Å². The van der Waals surface area contributed by atoms with Gasteiger partial charge in [-0.1, -0.05) is 48.0 Å². The summed E-state index contributed by atoms with van der Waals surface area (Å²) in [5, 5.41) is 13.9. The summed E-state index contributed by atoms with van der Waals surface area (Å²) in [6.45, 7) is 9.35. The highest BCUT2D eigenvalue weighted by Crippen LogP contribution is 2.32. The maximum atomic E-state index is 13.7. The number of hydrogen-bond donors (Lipinski definition) is 1. The predicted octanol–water partition coefficient (Wildman–Crippen LogP) is 4.76. The molecule has 0 unspecified atom stereocenters. The average Bonchev–Trinajstić information content (AvgIpc) is 3.36. The van der Waals surface area contributed by atoms with Gasteiger partial charge >= 0.3 is 0 Å². The summed E-state index contributed by atoms with van der Waals surface area (Å²) >= 11 is 0. The fourth-order valence-electron chi connectivity index (χ4n) is 4.67. The first-order valence-corrected chi connectivity index (χ1v) is 12.4. The third-order valence-corrected chi connectivity index (χ3v) is 6.40. The summed E-state index contributed by atoms with van der Waals surface area (Å²) in [7, 11) is 0. The molecule has 0 bridgehead atoms. The van der Waals surface area contributed by atoms with Crippen LogP contribution in [0, 0.1) is 6.92 Å². The maximum absolute atomic E-state index is 13.7. The average molecular weight is 494 g/mol. The molecule has 0 aliphatic heterocycles. The molecule has 3 aromatic heterocycles. The number of nitrogens with one attached hydrogen (secondary N) is 1. The molecule has 8 heteroatoms. The zero-order valence-corrected chi connectivity index (χ0v) is 21.6. The molecule has 0 radical (unpaired) electrons. The Kier molecular flexibility index (Phi) is 6.67. The summed E-state index contributed by atoms with van der Waals surface area (Å²) < 4.78 is 1.82. The summed E-state index contributed by atoms with van der Waals surface area (Å²) in [6, 6.07) is 21.7. The predicted molar refractivity (Wildman–Crippen MR) is 144 cm³/mol. The second-order valence-corrected chi connectivity index (χ2v) is 10.4. The molecular formula is C29H31N7O. The minimum Gasteiger partial charge on any atom is -0.322 e. The molecule has 0 fully saturated rings. The summed E-state index contributed by atoms with van der Waals surface area (Å²) in [5.41, 5.74) is 4.13. The summed E-state index contributed by atoms with van der Waals surface area (Å²) in [6.07, 6.45) is 3.62. The van der Waals surface area contributed by atoms with Gasteiger partial charge in [0.05, 0.1) is 5.54 Å². The van der Waals surface area contributed by atoms with Crippen LogP contribution in [0.2, 0.25) is 0 Å². The van der Waals surface area contributed by atoms with Crippen LogP contribution in [0.1, 0.15) is 54.9 Å². The number of benzene rings is 2. The van der Waals surface area contributed by atoms with Gasteiger partial charge in [-0.3, -0.25) is 14.7 Å². The molecule has 0 aliphatic carbocycles. The lowest BCUT2D eigenvalue weighted by Crippen LogP contribution is -2.37. The Morgan fingerprint density at radius 2 is 1.73 bits per heavy atom. The number of pyridine rings is 2. The summed E-state index contributed by atoms with van der Waals surface area (Å²) in [4.78, 5) is 23.3. The molecule has 0 saturated carbocycles. The van der Waals surface area contributed by atoms with Gasteiger partial charge in [-0.2, -0.15) is 0 Å². The van der Waals surface area contributed by atoms with E-state index in [1.165, 1.54) is 0 Å². The van der Waals surface area contributed by atoms with Gasteiger partial charge in [0.1, 0.15) is 6.04 Å². The fraction of sp³-hybridized carbons (Fsp3) is 0.276. The molecule has 0 aliphatic rings. The number of aromatic nitrogens is 6. The summed E-state index contributed by atoms with van der Waals surface area (Å²) in [5.74, 6) is 0.616. The van der Waals surface area contributed by atoms with Crippen LogP contribution in [0.5, 0.6) is 0 Å². The number of tetrazole rings is 1. The molecule has 3 heterocycles. The van der Waals surface area contributed by atoms with Crippen molar-refractivity contribution in [2.75, 3.05) is 0 Å². The minimum absolute atomic E-state index is 0.158. The second kappa shape index (κ2) is 10.1. The fourth-order valence-corrected chi connectivity index (χ4v) is 4.67. The van der Waals surface area contributed by atoms with Crippen LogP contribution in [-0.4, -0.2) is 35.1 Å². The zero-order chi connectivity index (χ0) is 26.0. The van der Waals surface area contributed by atoms with Gasteiger partial charge in [0.2, 0.25) is 0 Å². The van der Waals surface area contributed by atoms with Gasteiger partial charge in [-0.15, -0.1) is 5.10 Å². The van der Waals surface area contributed by atoms with Crippen LogP contribution in [0.3, 0.4) is 0 Å². The van der Waals surface area contributed by atoms with E-state index in [9.17, 15) is 4.79 Å². The number of nitrogens with zero attached hydrogens (tertiary/aromatic N) is 6. The number of aromatic amines is 1. The van der Waals surface area contributed by atoms with E-state index in [1.807, 2.05) is 66.3 Å². The third-order valence-electron chi connectivity index (χ3n) is 6.40. The molecular weight excluding hydrogens is 462 g/mol. The van der Waals surface area contributed by atoms with Gasteiger partial charge in [0.15, 0.2) is 5.82 Å². The Balaban J connectivity index is 1.73. The lowest BCUT2D eigenvalue weighted by atomic mass is 10.00. The highest BCUT2D eigenvalue weighted by Gasteiger charge is 2.33. The first-order valence-electron chi connectivity index (χ1n) is 12.4.